The maximum atomic E-state index is 12.2. The van der Waals surface area contributed by atoms with E-state index in [1.807, 2.05) is 42.5 Å². The first-order chi connectivity index (χ1) is 16.7. The standard InChI is InChI=1S/C26H29N5O2S/c32-25(19-33-24-4-2-1-3-5-24)28-21-6-8-23(9-7-21)30-14-11-20(12-15-30)27-13-10-22-18-31-16-17-34-26(31)29-22/h1-9,16-18,20,27H,10-15,19H2,(H,28,32). The fourth-order valence-electron chi connectivity index (χ4n) is 4.26. The summed E-state index contributed by atoms with van der Waals surface area (Å²) in [5, 5.41) is 8.65. The number of thiazole rings is 1. The van der Waals surface area contributed by atoms with Crippen molar-refractivity contribution in [3.63, 3.8) is 0 Å². The van der Waals surface area contributed by atoms with E-state index in [0.29, 0.717) is 11.8 Å². The summed E-state index contributed by atoms with van der Waals surface area (Å²) in [6.45, 7) is 2.99. The van der Waals surface area contributed by atoms with Crippen LogP contribution in [0.15, 0.2) is 72.4 Å². The number of hydrogen-bond acceptors (Lipinski definition) is 6. The van der Waals surface area contributed by atoms with Crippen LogP contribution < -0.4 is 20.3 Å². The highest BCUT2D eigenvalue weighted by Gasteiger charge is 2.19. The molecule has 4 aromatic rings. The van der Waals surface area contributed by atoms with Gasteiger partial charge in [0.05, 0.1) is 5.69 Å². The molecule has 1 fully saturated rings. The fraction of sp³-hybridized carbons (Fsp3) is 0.308. The lowest BCUT2D eigenvalue weighted by Gasteiger charge is -2.34. The Morgan fingerprint density at radius 2 is 1.88 bits per heavy atom. The van der Waals surface area contributed by atoms with Crippen molar-refractivity contribution < 1.29 is 9.53 Å². The average molecular weight is 476 g/mol. The van der Waals surface area contributed by atoms with Gasteiger partial charge in [-0.25, -0.2) is 4.98 Å². The van der Waals surface area contributed by atoms with Gasteiger partial charge in [0.15, 0.2) is 11.6 Å². The second-order valence-electron chi connectivity index (χ2n) is 8.49. The third-order valence-electron chi connectivity index (χ3n) is 6.08. The number of para-hydroxylation sites is 1. The van der Waals surface area contributed by atoms with E-state index in [1.165, 1.54) is 5.69 Å². The molecule has 0 aliphatic carbocycles. The molecule has 34 heavy (non-hydrogen) atoms. The van der Waals surface area contributed by atoms with Crippen molar-refractivity contribution in [2.24, 2.45) is 0 Å². The highest BCUT2D eigenvalue weighted by molar-refractivity contribution is 7.15. The third-order valence-corrected chi connectivity index (χ3v) is 6.85. The molecule has 7 nitrogen and oxygen atoms in total. The summed E-state index contributed by atoms with van der Waals surface area (Å²) in [7, 11) is 0. The number of piperidine rings is 1. The minimum absolute atomic E-state index is 0.00859. The summed E-state index contributed by atoms with van der Waals surface area (Å²) < 4.78 is 7.59. The molecule has 176 valence electrons. The Kier molecular flexibility index (Phi) is 7.07. The lowest BCUT2D eigenvalue weighted by atomic mass is 10.0. The van der Waals surface area contributed by atoms with Gasteiger partial charge in [0.25, 0.3) is 5.91 Å². The highest BCUT2D eigenvalue weighted by atomic mass is 32.1. The summed E-state index contributed by atoms with van der Waals surface area (Å²) in [4.78, 5) is 20.3. The number of hydrogen-bond donors (Lipinski definition) is 2. The Hall–Kier alpha value is -3.36. The number of carbonyl (C=O) groups is 1. The number of imidazole rings is 1. The predicted molar refractivity (Wildman–Crippen MR) is 137 cm³/mol. The van der Waals surface area contributed by atoms with Crippen molar-refractivity contribution in [1.82, 2.24) is 14.7 Å². The smallest absolute Gasteiger partial charge is 0.262 e. The molecule has 0 saturated carbocycles. The summed E-state index contributed by atoms with van der Waals surface area (Å²) >= 11 is 1.67. The zero-order chi connectivity index (χ0) is 23.2. The number of benzene rings is 2. The number of ether oxygens (including phenoxy) is 1. The van der Waals surface area contributed by atoms with Crippen molar-refractivity contribution in [3.05, 3.63) is 78.1 Å². The number of aromatic nitrogens is 2. The largest absolute Gasteiger partial charge is 0.484 e. The third kappa shape index (κ3) is 5.76. The van der Waals surface area contributed by atoms with Crippen LogP contribution in [0.2, 0.25) is 0 Å². The molecule has 2 aromatic carbocycles. The van der Waals surface area contributed by atoms with Crippen LogP contribution in [0.1, 0.15) is 18.5 Å². The van der Waals surface area contributed by atoms with Crippen LogP contribution >= 0.6 is 11.3 Å². The van der Waals surface area contributed by atoms with Crippen LogP contribution in [-0.4, -0.2) is 47.6 Å². The highest BCUT2D eigenvalue weighted by Crippen LogP contribution is 2.22. The fourth-order valence-corrected chi connectivity index (χ4v) is 4.98. The van der Waals surface area contributed by atoms with E-state index in [-0.39, 0.29) is 12.5 Å². The van der Waals surface area contributed by atoms with Gasteiger partial charge in [0.1, 0.15) is 5.75 Å². The molecule has 0 unspecified atom stereocenters. The van der Waals surface area contributed by atoms with Gasteiger partial charge in [0, 0.05) is 61.2 Å². The Morgan fingerprint density at radius 3 is 2.65 bits per heavy atom. The molecule has 3 heterocycles. The minimum Gasteiger partial charge on any atom is -0.484 e. The van der Waals surface area contributed by atoms with Gasteiger partial charge in [-0.2, -0.15) is 0 Å². The number of carbonyl (C=O) groups excluding carboxylic acids is 1. The maximum absolute atomic E-state index is 12.2. The Bertz CT molecular complexity index is 1170. The first kappa shape index (κ1) is 22.4. The van der Waals surface area contributed by atoms with Crippen molar-refractivity contribution in [2.45, 2.75) is 25.3 Å². The van der Waals surface area contributed by atoms with Crippen LogP contribution in [0, 0.1) is 0 Å². The molecule has 1 aliphatic rings. The predicted octanol–water partition coefficient (Wildman–Crippen LogP) is 4.21. The van der Waals surface area contributed by atoms with E-state index in [4.69, 9.17) is 4.74 Å². The lowest BCUT2D eigenvalue weighted by Crippen LogP contribution is -2.43. The monoisotopic (exact) mass is 475 g/mol. The molecule has 1 saturated heterocycles. The number of rotatable bonds is 9. The zero-order valence-corrected chi connectivity index (χ0v) is 19.8. The SMILES string of the molecule is O=C(COc1ccccc1)Nc1ccc(N2CCC(NCCc3cn4ccsc4n3)CC2)cc1. The molecule has 8 heteroatoms. The molecule has 5 rings (SSSR count). The Labute approximate surface area is 203 Å². The van der Waals surface area contributed by atoms with E-state index in [0.717, 1.165) is 55.2 Å². The van der Waals surface area contributed by atoms with Crippen LogP contribution in [0.5, 0.6) is 5.75 Å². The number of anilines is 2. The number of nitrogens with one attached hydrogen (secondary N) is 2. The van der Waals surface area contributed by atoms with Gasteiger partial charge in [-0.05, 0) is 49.2 Å². The van der Waals surface area contributed by atoms with Gasteiger partial charge < -0.3 is 20.3 Å². The van der Waals surface area contributed by atoms with Crippen LogP contribution in [0.4, 0.5) is 11.4 Å². The second kappa shape index (κ2) is 10.7. The molecule has 0 spiro atoms. The topological polar surface area (TPSA) is 70.9 Å². The van der Waals surface area contributed by atoms with Gasteiger partial charge in [-0.1, -0.05) is 18.2 Å². The molecule has 2 aromatic heterocycles. The average Bonchev–Trinajstić information content (AvgIpc) is 3.47. The first-order valence-corrected chi connectivity index (χ1v) is 12.6. The molecule has 0 bridgehead atoms. The zero-order valence-electron chi connectivity index (χ0n) is 19.0. The van der Waals surface area contributed by atoms with Gasteiger partial charge in [-0.15, -0.1) is 11.3 Å². The number of nitrogens with zero attached hydrogens (tertiary/aromatic N) is 3. The van der Waals surface area contributed by atoms with Crippen LogP contribution in [0.25, 0.3) is 4.96 Å². The van der Waals surface area contributed by atoms with E-state index < -0.39 is 0 Å². The number of fused-ring (bicyclic) bond motifs is 1. The Morgan fingerprint density at radius 1 is 1.09 bits per heavy atom. The molecule has 1 amide bonds. The quantitative estimate of drug-likeness (QED) is 0.379. The van der Waals surface area contributed by atoms with Crippen molar-refractivity contribution in [2.75, 3.05) is 36.5 Å². The summed E-state index contributed by atoms with van der Waals surface area (Å²) in [5.41, 5.74) is 3.12. The van der Waals surface area contributed by atoms with Crippen LogP contribution in [-0.2, 0) is 11.2 Å². The van der Waals surface area contributed by atoms with Crippen molar-refractivity contribution in [1.29, 1.82) is 0 Å². The Balaban J connectivity index is 1.02. The molecular weight excluding hydrogens is 446 g/mol. The van der Waals surface area contributed by atoms with E-state index >= 15 is 0 Å². The first-order valence-electron chi connectivity index (χ1n) is 11.7. The van der Waals surface area contributed by atoms with E-state index in [1.54, 1.807) is 11.3 Å². The summed E-state index contributed by atoms with van der Waals surface area (Å²) in [6, 6.07) is 18.0. The van der Waals surface area contributed by atoms with Gasteiger partial charge >= 0.3 is 0 Å². The van der Waals surface area contributed by atoms with Crippen molar-refractivity contribution in [3.8, 4) is 5.75 Å². The lowest BCUT2D eigenvalue weighted by molar-refractivity contribution is -0.118. The summed E-state index contributed by atoms with van der Waals surface area (Å²) in [6.07, 6.45) is 7.37. The normalized spacial score (nSPS) is 14.4. The molecule has 2 N–H and O–H groups in total. The van der Waals surface area contributed by atoms with Gasteiger partial charge in [0.2, 0.25) is 0 Å². The minimum atomic E-state index is -0.168. The van der Waals surface area contributed by atoms with Crippen molar-refractivity contribution >= 4 is 33.6 Å². The molecule has 0 atom stereocenters. The molecule has 1 aliphatic heterocycles. The second-order valence-corrected chi connectivity index (χ2v) is 9.36. The number of amides is 1. The summed E-state index contributed by atoms with van der Waals surface area (Å²) in [5.74, 6) is 0.520. The van der Waals surface area contributed by atoms with E-state index in [2.05, 4.69) is 54.8 Å². The maximum Gasteiger partial charge on any atom is 0.262 e. The molecular formula is C26H29N5O2S. The molecule has 0 radical (unpaired) electrons. The van der Waals surface area contributed by atoms with E-state index in [9.17, 15) is 4.79 Å². The van der Waals surface area contributed by atoms with Gasteiger partial charge in [-0.3, -0.25) is 9.20 Å². The van der Waals surface area contributed by atoms with Crippen LogP contribution in [0.3, 0.4) is 0 Å².